The Bertz CT molecular complexity index is 699. The second-order valence-corrected chi connectivity index (χ2v) is 6.18. The van der Waals surface area contributed by atoms with Crippen molar-refractivity contribution in [3.63, 3.8) is 0 Å². The van der Waals surface area contributed by atoms with E-state index in [4.69, 9.17) is 0 Å². The Balaban J connectivity index is 1.85. The minimum atomic E-state index is -4.14. The van der Waals surface area contributed by atoms with Gasteiger partial charge in [-0.05, 0) is 26.0 Å². The number of hydrogen-bond acceptors (Lipinski definition) is 3. The van der Waals surface area contributed by atoms with Gasteiger partial charge in [0.2, 0.25) is 0 Å². The van der Waals surface area contributed by atoms with E-state index in [9.17, 15) is 13.2 Å². The molecule has 0 spiro atoms. The number of hydrogen-bond donors (Lipinski definition) is 0. The predicted octanol–water partition coefficient (Wildman–Crippen LogP) is 3.62. The van der Waals surface area contributed by atoms with Crippen molar-refractivity contribution in [2.24, 2.45) is 0 Å². The highest BCUT2D eigenvalue weighted by Gasteiger charge is 2.35. The van der Waals surface area contributed by atoms with Crippen LogP contribution in [0.2, 0.25) is 0 Å². The zero-order valence-corrected chi connectivity index (χ0v) is 13.3. The Morgan fingerprint density at radius 1 is 1.22 bits per heavy atom. The van der Waals surface area contributed by atoms with Gasteiger partial charge in [0, 0.05) is 42.4 Å². The monoisotopic (exact) mass is 323 g/mol. The molecule has 2 heterocycles. The molecule has 1 aromatic heterocycles. The average Bonchev–Trinajstić information content (AvgIpc) is 2.47. The van der Waals surface area contributed by atoms with Gasteiger partial charge >= 0.3 is 6.18 Å². The summed E-state index contributed by atoms with van der Waals surface area (Å²) in [6.45, 7) is 4.55. The molecule has 1 fully saturated rings. The summed E-state index contributed by atoms with van der Waals surface area (Å²) in [6, 6.07) is 9.78. The number of rotatable bonds is 2. The molecule has 1 saturated heterocycles. The maximum atomic E-state index is 12.6. The molecular weight excluding hydrogens is 303 g/mol. The molecule has 0 N–H and O–H groups in total. The van der Waals surface area contributed by atoms with Gasteiger partial charge in [-0.2, -0.15) is 13.2 Å². The van der Waals surface area contributed by atoms with Crippen LogP contribution in [0, 0.1) is 6.92 Å². The summed E-state index contributed by atoms with van der Waals surface area (Å²) in [6.07, 6.45) is -4.14. The summed E-state index contributed by atoms with van der Waals surface area (Å²) in [5, 5.41) is 1.05. The Hall–Kier alpha value is -1.82. The number of aryl methyl sites for hydroxylation is 1. The Labute approximate surface area is 133 Å². The lowest BCUT2D eigenvalue weighted by molar-refractivity contribution is -0.150. The van der Waals surface area contributed by atoms with Gasteiger partial charge in [0.25, 0.3) is 0 Å². The lowest BCUT2D eigenvalue weighted by Crippen LogP contribution is -2.54. The summed E-state index contributed by atoms with van der Waals surface area (Å²) in [4.78, 5) is 8.21. The molecule has 0 bridgehead atoms. The third kappa shape index (κ3) is 3.58. The van der Waals surface area contributed by atoms with Crippen LogP contribution < -0.4 is 4.90 Å². The fourth-order valence-corrected chi connectivity index (χ4v) is 3.23. The highest BCUT2D eigenvalue weighted by Crippen LogP contribution is 2.29. The molecule has 1 atom stereocenters. The summed E-state index contributed by atoms with van der Waals surface area (Å²) in [5.41, 5.74) is 2.91. The topological polar surface area (TPSA) is 19.4 Å². The lowest BCUT2D eigenvalue weighted by Gasteiger charge is -2.41. The molecule has 1 aliphatic rings. The number of nitrogens with zero attached hydrogens (tertiary/aromatic N) is 3. The van der Waals surface area contributed by atoms with Crippen LogP contribution in [0.1, 0.15) is 12.6 Å². The number of fused-ring (bicyclic) bond motifs is 1. The minimum Gasteiger partial charge on any atom is -0.368 e. The summed E-state index contributed by atoms with van der Waals surface area (Å²) >= 11 is 0. The van der Waals surface area contributed by atoms with Crippen molar-refractivity contribution < 1.29 is 13.2 Å². The molecule has 6 heteroatoms. The van der Waals surface area contributed by atoms with Gasteiger partial charge in [-0.25, -0.2) is 0 Å². The first-order valence-electron chi connectivity index (χ1n) is 7.75. The van der Waals surface area contributed by atoms with Crippen molar-refractivity contribution in [2.45, 2.75) is 26.1 Å². The normalized spacial score (nSPS) is 20.2. The van der Waals surface area contributed by atoms with Gasteiger partial charge < -0.3 is 4.90 Å². The van der Waals surface area contributed by atoms with Gasteiger partial charge in [-0.15, -0.1) is 0 Å². The van der Waals surface area contributed by atoms with E-state index >= 15 is 0 Å². The van der Waals surface area contributed by atoms with Crippen molar-refractivity contribution in [2.75, 3.05) is 31.1 Å². The zero-order chi connectivity index (χ0) is 16.6. The zero-order valence-electron chi connectivity index (χ0n) is 13.3. The molecule has 0 radical (unpaired) electrons. The quantitative estimate of drug-likeness (QED) is 0.841. The van der Waals surface area contributed by atoms with Crippen LogP contribution in [0.15, 0.2) is 30.3 Å². The van der Waals surface area contributed by atoms with Gasteiger partial charge in [0.05, 0.1) is 12.1 Å². The largest absolute Gasteiger partial charge is 0.401 e. The van der Waals surface area contributed by atoms with E-state index in [0.29, 0.717) is 19.6 Å². The van der Waals surface area contributed by atoms with E-state index in [1.807, 2.05) is 44.2 Å². The fraction of sp³-hybridized carbons (Fsp3) is 0.471. The van der Waals surface area contributed by atoms with Crippen molar-refractivity contribution in [1.29, 1.82) is 0 Å². The Kier molecular flexibility index (Phi) is 4.19. The van der Waals surface area contributed by atoms with E-state index < -0.39 is 12.7 Å². The molecule has 124 valence electrons. The Morgan fingerprint density at radius 3 is 2.65 bits per heavy atom. The van der Waals surface area contributed by atoms with Gasteiger partial charge in [0.15, 0.2) is 0 Å². The fourth-order valence-electron chi connectivity index (χ4n) is 3.23. The number of aromatic nitrogens is 1. The number of pyridine rings is 1. The molecule has 2 aromatic rings. The molecule has 0 amide bonds. The summed E-state index contributed by atoms with van der Waals surface area (Å²) < 4.78 is 37.9. The predicted molar refractivity (Wildman–Crippen MR) is 85.8 cm³/mol. The van der Waals surface area contributed by atoms with Crippen LogP contribution in [0.4, 0.5) is 18.9 Å². The number of piperazine rings is 1. The summed E-state index contributed by atoms with van der Waals surface area (Å²) in [5.74, 6) is 0. The van der Waals surface area contributed by atoms with Crippen LogP contribution in [0.5, 0.6) is 0 Å². The third-order valence-electron chi connectivity index (χ3n) is 4.31. The number of benzene rings is 1. The standard InChI is InChI=1S/C17H20F3N3/c1-12-9-16(14-5-3-4-6-15(14)21-12)22-7-8-23(13(2)10-22)11-17(18,19)20/h3-6,9,13H,7-8,10-11H2,1-2H3. The molecule has 1 unspecified atom stereocenters. The highest BCUT2D eigenvalue weighted by molar-refractivity contribution is 5.92. The molecule has 1 aromatic carbocycles. The van der Waals surface area contributed by atoms with Crippen molar-refractivity contribution >= 4 is 16.6 Å². The molecule has 0 aliphatic carbocycles. The van der Waals surface area contributed by atoms with Crippen LogP contribution in [0.25, 0.3) is 10.9 Å². The van der Waals surface area contributed by atoms with Gasteiger partial charge in [-0.3, -0.25) is 9.88 Å². The third-order valence-corrected chi connectivity index (χ3v) is 4.31. The van der Waals surface area contributed by atoms with E-state index in [0.717, 1.165) is 22.3 Å². The van der Waals surface area contributed by atoms with Crippen LogP contribution in [-0.4, -0.2) is 48.3 Å². The maximum absolute atomic E-state index is 12.6. The van der Waals surface area contributed by atoms with E-state index in [2.05, 4.69) is 9.88 Å². The van der Waals surface area contributed by atoms with Crippen LogP contribution in [-0.2, 0) is 0 Å². The first kappa shape index (κ1) is 16.1. The summed E-state index contributed by atoms with van der Waals surface area (Å²) in [7, 11) is 0. The second-order valence-electron chi connectivity index (χ2n) is 6.18. The van der Waals surface area contributed by atoms with E-state index in [1.54, 1.807) is 0 Å². The van der Waals surface area contributed by atoms with Gasteiger partial charge in [0.1, 0.15) is 0 Å². The molecule has 23 heavy (non-hydrogen) atoms. The molecule has 3 rings (SSSR count). The van der Waals surface area contributed by atoms with Crippen LogP contribution in [0.3, 0.4) is 0 Å². The first-order valence-corrected chi connectivity index (χ1v) is 7.75. The number of anilines is 1. The molecule has 1 aliphatic heterocycles. The smallest absolute Gasteiger partial charge is 0.368 e. The van der Waals surface area contributed by atoms with Crippen molar-refractivity contribution in [3.8, 4) is 0 Å². The number of alkyl halides is 3. The van der Waals surface area contributed by atoms with Gasteiger partial charge in [-0.1, -0.05) is 18.2 Å². The molecular formula is C17H20F3N3. The average molecular weight is 323 g/mol. The Morgan fingerprint density at radius 2 is 1.96 bits per heavy atom. The molecule has 0 saturated carbocycles. The lowest BCUT2D eigenvalue weighted by atomic mass is 10.1. The minimum absolute atomic E-state index is 0.141. The second kappa shape index (κ2) is 6.00. The number of para-hydroxylation sites is 1. The maximum Gasteiger partial charge on any atom is 0.401 e. The van der Waals surface area contributed by atoms with Crippen molar-refractivity contribution in [3.05, 3.63) is 36.0 Å². The highest BCUT2D eigenvalue weighted by atomic mass is 19.4. The first-order chi connectivity index (χ1) is 10.8. The van der Waals surface area contributed by atoms with Crippen LogP contribution >= 0.6 is 0 Å². The van der Waals surface area contributed by atoms with E-state index in [1.165, 1.54) is 4.90 Å². The molecule has 3 nitrogen and oxygen atoms in total. The number of halogens is 3. The van der Waals surface area contributed by atoms with E-state index in [-0.39, 0.29) is 6.04 Å². The SMILES string of the molecule is Cc1cc(N2CCN(CC(F)(F)F)C(C)C2)c2ccccc2n1. The van der Waals surface area contributed by atoms with Crippen molar-refractivity contribution in [1.82, 2.24) is 9.88 Å².